The monoisotopic (exact) mass is 319 g/mol. The number of fused-ring (bicyclic) bond motifs is 1. The van der Waals surface area contributed by atoms with Gasteiger partial charge in [-0.05, 0) is 30.7 Å². The number of carbonyl (C=O) groups is 1. The van der Waals surface area contributed by atoms with E-state index in [-0.39, 0.29) is 5.78 Å². The summed E-state index contributed by atoms with van der Waals surface area (Å²) in [6, 6.07) is 9.24. The molecule has 3 aromatic rings. The van der Waals surface area contributed by atoms with E-state index in [9.17, 15) is 4.79 Å². The minimum Gasteiger partial charge on any atom is -0.493 e. The number of H-pyrrole nitrogens is 1. The molecular weight excluding hydrogens is 306 g/mol. The van der Waals surface area contributed by atoms with Crippen LogP contribution in [0, 0.1) is 0 Å². The Hall–Kier alpha value is -1.78. The lowest BCUT2D eigenvalue weighted by Crippen LogP contribution is -2.00. The highest BCUT2D eigenvalue weighted by atomic mass is 35.5. The highest BCUT2D eigenvalue weighted by Gasteiger charge is 2.18. The third kappa shape index (κ3) is 2.69. The summed E-state index contributed by atoms with van der Waals surface area (Å²) in [5, 5.41) is 0.834. The lowest BCUT2D eigenvalue weighted by atomic mass is 10.1. The molecule has 0 saturated carbocycles. The van der Waals surface area contributed by atoms with Crippen LogP contribution in [0.15, 0.2) is 36.5 Å². The first-order chi connectivity index (χ1) is 10.2. The first kappa shape index (κ1) is 14.2. The molecule has 0 spiro atoms. The summed E-state index contributed by atoms with van der Waals surface area (Å²) in [6.07, 6.45) is 2.66. The van der Waals surface area contributed by atoms with Gasteiger partial charge in [-0.2, -0.15) is 0 Å². The van der Waals surface area contributed by atoms with Gasteiger partial charge in [0.1, 0.15) is 5.75 Å². The number of rotatable bonds is 5. The zero-order chi connectivity index (χ0) is 14.8. The summed E-state index contributed by atoms with van der Waals surface area (Å²) in [6.45, 7) is 2.68. The molecule has 21 heavy (non-hydrogen) atoms. The Balaban J connectivity index is 2.08. The molecule has 0 amide bonds. The number of nitrogens with one attached hydrogen (secondary N) is 1. The molecule has 0 aliphatic heterocycles. The normalized spacial score (nSPS) is 11.0. The number of ketones is 1. The summed E-state index contributed by atoms with van der Waals surface area (Å²) in [5.41, 5.74) is 1.52. The SMILES string of the molecule is CCCOc1cccc2[nH]cc(C(=O)c3ccc(Cl)s3)c12. The van der Waals surface area contributed by atoms with Crippen LogP contribution in [0.5, 0.6) is 5.75 Å². The average molecular weight is 320 g/mol. The quantitative estimate of drug-likeness (QED) is 0.679. The minimum atomic E-state index is -0.0364. The second kappa shape index (κ2) is 5.92. The topological polar surface area (TPSA) is 42.1 Å². The molecule has 2 heterocycles. The Morgan fingerprint density at radius 2 is 2.19 bits per heavy atom. The Labute approximate surface area is 131 Å². The van der Waals surface area contributed by atoms with Crippen LogP contribution < -0.4 is 4.74 Å². The highest BCUT2D eigenvalue weighted by molar-refractivity contribution is 7.18. The first-order valence-electron chi connectivity index (χ1n) is 6.73. The van der Waals surface area contributed by atoms with Crippen molar-refractivity contribution in [1.29, 1.82) is 0 Å². The van der Waals surface area contributed by atoms with Crippen molar-refractivity contribution in [3.8, 4) is 5.75 Å². The van der Waals surface area contributed by atoms with E-state index >= 15 is 0 Å². The van der Waals surface area contributed by atoms with Gasteiger partial charge in [0.05, 0.1) is 26.8 Å². The molecule has 0 radical (unpaired) electrons. The van der Waals surface area contributed by atoms with Crippen LogP contribution in [0.2, 0.25) is 4.34 Å². The zero-order valence-corrected chi connectivity index (χ0v) is 13.1. The van der Waals surface area contributed by atoms with Crippen molar-refractivity contribution in [2.75, 3.05) is 6.61 Å². The number of carbonyl (C=O) groups excluding carboxylic acids is 1. The van der Waals surface area contributed by atoms with Crippen LogP contribution in [-0.2, 0) is 0 Å². The smallest absolute Gasteiger partial charge is 0.205 e. The van der Waals surface area contributed by atoms with Gasteiger partial charge in [-0.15, -0.1) is 11.3 Å². The Morgan fingerprint density at radius 3 is 2.90 bits per heavy atom. The van der Waals surface area contributed by atoms with Crippen molar-refractivity contribution in [3.63, 3.8) is 0 Å². The second-order valence-corrected chi connectivity index (χ2v) is 6.38. The van der Waals surface area contributed by atoms with Gasteiger partial charge in [-0.25, -0.2) is 0 Å². The maximum absolute atomic E-state index is 12.6. The second-order valence-electron chi connectivity index (χ2n) is 4.66. The summed E-state index contributed by atoms with van der Waals surface area (Å²) in [5.74, 6) is 0.701. The van der Waals surface area contributed by atoms with E-state index in [1.165, 1.54) is 11.3 Å². The van der Waals surface area contributed by atoms with Crippen LogP contribution in [0.25, 0.3) is 10.9 Å². The molecule has 3 rings (SSSR count). The van der Waals surface area contributed by atoms with Crippen LogP contribution in [-0.4, -0.2) is 17.4 Å². The Morgan fingerprint density at radius 1 is 1.33 bits per heavy atom. The van der Waals surface area contributed by atoms with Crippen molar-refractivity contribution in [1.82, 2.24) is 4.98 Å². The third-order valence-electron chi connectivity index (χ3n) is 3.17. The Kier molecular flexibility index (Phi) is 3.99. The van der Waals surface area contributed by atoms with Gasteiger partial charge in [-0.3, -0.25) is 4.79 Å². The standard InChI is InChI=1S/C16H14ClNO2S/c1-2-8-20-12-5-3-4-11-15(12)10(9-18-11)16(19)13-6-7-14(17)21-13/h3-7,9,18H,2,8H2,1H3. The van der Waals surface area contributed by atoms with Crippen molar-refractivity contribution in [2.45, 2.75) is 13.3 Å². The zero-order valence-electron chi connectivity index (χ0n) is 11.5. The molecule has 0 unspecified atom stereocenters. The van der Waals surface area contributed by atoms with Crippen LogP contribution in [0.4, 0.5) is 0 Å². The van der Waals surface area contributed by atoms with Crippen molar-refractivity contribution >= 4 is 39.6 Å². The fourth-order valence-corrected chi connectivity index (χ4v) is 3.23. The highest BCUT2D eigenvalue weighted by Crippen LogP contribution is 2.32. The molecule has 0 aliphatic rings. The molecule has 0 atom stereocenters. The maximum Gasteiger partial charge on any atom is 0.205 e. The molecule has 0 fully saturated rings. The summed E-state index contributed by atoms with van der Waals surface area (Å²) in [4.78, 5) is 16.4. The van der Waals surface area contributed by atoms with Gasteiger partial charge in [0.2, 0.25) is 5.78 Å². The number of thiophene rings is 1. The van der Waals surface area contributed by atoms with Crippen LogP contribution in [0.1, 0.15) is 28.6 Å². The fraction of sp³-hybridized carbons (Fsp3) is 0.188. The van der Waals surface area contributed by atoms with E-state index in [0.717, 1.165) is 23.1 Å². The molecule has 1 aromatic carbocycles. The lowest BCUT2D eigenvalue weighted by Gasteiger charge is -2.07. The van der Waals surface area contributed by atoms with Crippen molar-refractivity contribution in [2.24, 2.45) is 0 Å². The number of hydrogen-bond acceptors (Lipinski definition) is 3. The number of hydrogen-bond donors (Lipinski definition) is 1. The first-order valence-corrected chi connectivity index (χ1v) is 7.93. The molecule has 5 heteroatoms. The van der Waals surface area contributed by atoms with E-state index in [2.05, 4.69) is 11.9 Å². The van der Waals surface area contributed by atoms with E-state index < -0.39 is 0 Å². The number of benzene rings is 1. The predicted octanol–water partition coefficient (Wildman–Crippen LogP) is 4.90. The molecular formula is C16H14ClNO2S. The van der Waals surface area contributed by atoms with Crippen LogP contribution >= 0.6 is 22.9 Å². The number of aromatic amines is 1. The van der Waals surface area contributed by atoms with E-state index in [1.807, 2.05) is 18.2 Å². The summed E-state index contributed by atoms with van der Waals surface area (Å²) >= 11 is 7.21. The van der Waals surface area contributed by atoms with Crippen molar-refractivity contribution in [3.05, 3.63) is 51.3 Å². The average Bonchev–Trinajstić information content (AvgIpc) is 3.11. The van der Waals surface area contributed by atoms with Gasteiger partial charge < -0.3 is 9.72 Å². The van der Waals surface area contributed by atoms with Gasteiger partial charge in [0, 0.05) is 11.7 Å². The van der Waals surface area contributed by atoms with Gasteiger partial charge in [-0.1, -0.05) is 24.6 Å². The van der Waals surface area contributed by atoms with E-state index in [1.54, 1.807) is 18.3 Å². The molecule has 2 aromatic heterocycles. The number of halogens is 1. The van der Waals surface area contributed by atoms with Gasteiger partial charge >= 0.3 is 0 Å². The third-order valence-corrected chi connectivity index (χ3v) is 4.40. The molecule has 0 saturated heterocycles. The molecule has 1 N–H and O–H groups in total. The Bertz CT molecular complexity index is 791. The van der Waals surface area contributed by atoms with Crippen LogP contribution in [0.3, 0.4) is 0 Å². The predicted molar refractivity (Wildman–Crippen MR) is 86.8 cm³/mol. The van der Waals surface area contributed by atoms with Gasteiger partial charge in [0.15, 0.2) is 0 Å². The molecule has 0 aliphatic carbocycles. The number of aromatic nitrogens is 1. The summed E-state index contributed by atoms with van der Waals surface area (Å²) < 4.78 is 6.38. The molecule has 0 bridgehead atoms. The number of ether oxygens (including phenoxy) is 1. The van der Waals surface area contributed by atoms with E-state index in [4.69, 9.17) is 16.3 Å². The molecule has 108 valence electrons. The largest absolute Gasteiger partial charge is 0.493 e. The van der Waals surface area contributed by atoms with Crippen molar-refractivity contribution < 1.29 is 9.53 Å². The lowest BCUT2D eigenvalue weighted by molar-refractivity contribution is 0.104. The summed E-state index contributed by atoms with van der Waals surface area (Å²) in [7, 11) is 0. The molecule has 3 nitrogen and oxygen atoms in total. The van der Waals surface area contributed by atoms with E-state index in [0.29, 0.717) is 21.4 Å². The maximum atomic E-state index is 12.6. The fourth-order valence-electron chi connectivity index (χ4n) is 2.23. The minimum absolute atomic E-state index is 0.0364. The van der Waals surface area contributed by atoms with Gasteiger partial charge in [0.25, 0.3) is 0 Å².